The Morgan fingerprint density at radius 2 is 2.17 bits per heavy atom. The molecule has 0 radical (unpaired) electrons. The van der Waals surface area contributed by atoms with Gasteiger partial charge >= 0.3 is 0 Å². The smallest absolute Gasteiger partial charge is 0.252 e. The van der Waals surface area contributed by atoms with Crippen LogP contribution in [0.1, 0.15) is 29.8 Å². The molecule has 0 fully saturated rings. The van der Waals surface area contributed by atoms with Gasteiger partial charge in [-0.2, -0.15) is 0 Å². The molecule has 0 spiro atoms. The number of hydrogen-bond acceptors (Lipinski definition) is 2. The number of carbonyl (C=O) groups excluding carboxylic acids is 1. The van der Waals surface area contributed by atoms with Gasteiger partial charge in [-0.05, 0) is 29.8 Å². The lowest BCUT2D eigenvalue weighted by molar-refractivity contribution is 0.0945. The molecule has 3 aromatic rings. The van der Waals surface area contributed by atoms with Gasteiger partial charge in [0.1, 0.15) is 0 Å². The normalized spacial score (nSPS) is 11.6. The summed E-state index contributed by atoms with van der Waals surface area (Å²) in [4.78, 5) is 19.4. The first-order chi connectivity index (χ1) is 11.0. The standard InChI is InChI=1S/C18H18ClN3O/c1-18(2,11-22-17(23)12-4-3-7-20-9-12)15-10-21-16-8-13(19)5-6-14(15)16/h3-10,21H,11H2,1-2H3,(H,22,23). The van der Waals surface area contributed by atoms with Crippen molar-refractivity contribution in [1.29, 1.82) is 0 Å². The van der Waals surface area contributed by atoms with Crippen LogP contribution in [0, 0.1) is 0 Å². The lowest BCUT2D eigenvalue weighted by atomic mass is 9.84. The van der Waals surface area contributed by atoms with Crippen LogP contribution in [-0.2, 0) is 5.41 Å². The van der Waals surface area contributed by atoms with Crippen LogP contribution in [0.25, 0.3) is 10.9 Å². The number of fused-ring (bicyclic) bond motifs is 1. The largest absolute Gasteiger partial charge is 0.361 e. The maximum Gasteiger partial charge on any atom is 0.252 e. The number of hydrogen-bond donors (Lipinski definition) is 2. The van der Waals surface area contributed by atoms with E-state index < -0.39 is 0 Å². The number of nitrogens with one attached hydrogen (secondary N) is 2. The number of rotatable bonds is 4. The van der Waals surface area contributed by atoms with Crippen LogP contribution in [0.5, 0.6) is 0 Å². The average Bonchev–Trinajstić information content (AvgIpc) is 2.97. The zero-order valence-electron chi connectivity index (χ0n) is 13.1. The third-order valence-corrected chi connectivity index (χ3v) is 4.22. The minimum absolute atomic E-state index is 0.117. The third-order valence-electron chi connectivity index (χ3n) is 3.99. The number of halogens is 1. The molecule has 2 heterocycles. The first kappa shape index (κ1) is 15.6. The van der Waals surface area contributed by atoms with Crippen molar-refractivity contribution < 1.29 is 4.79 Å². The summed E-state index contributed by atoms with van der Waals surface area (Å²) in [5.74, 6) is -0.117. The summed E-state index contributed by atoms with van der Waals surface area (Å²) >= 11 is 6.03. The summed E-state index contributed by atoms with van der Waals surface area (Å²) in [5.41, 5.74) is 2.49. The molecule has 0 aliphatic rings. The molecule has 3 rings (SSSR count). The second kappa shape index (κ2) is 6.05. The molecular weight excluding hydrogens is 310 g/mol. The molecule has 5 heteroatoms. The molecule has 0 aliphatic carbocycles. The topological polar surface area (TPSA) is 57.8 Å². The summed E-state index contributed by atoms with van der Waals surface area (Å²) in [6.45, 7) is 4.73. The van der Waals surface area contributed by atoms with Gasteiger partial charge in [-0.15, -0.1) is 0 Å². The molecule has 23 heavy (non-hydrogen) atoms. The van der Waals surface area contributed by atoms with Crippen LogP contribution in [-0.4, -0.2) is 22.4 Å². The summed E-state index contributed by atoms with van der Waals surface area (Å²) in [6.07, 6.45) is 5.20. The van der Waals surface area contributed by atoms with Crippen molar-refractivity contribution in [2.75, 3.05) is 6.54 Å². The van der Waals surface area contributed by atoms with Crippen molar-refractivity contribution in [3.63, 3.8) is 0 Å². The minimum atomic E-state index is -0.218. The second-order valence-electron chi connectivity index (χ2n) is 6.20. The van der Waals surface area contributed by atoms with E-state index in [1.165, 1.54) is 0 Å². The summed E-state index contributed by atoms with van der Waals surface area (Å²) in [6, 6.07) is 9.30. The summed E-state index contributed by atoms with van der Waals surface area (Å²) in [5, 5.41) is 4.81. The number of nitrogens with zero attached hydrogens (tertiary/aromatic N) is 1. The highest BCUT2D eigenvalue weighted by Crippen LogP contribution is 2.31. The number of H-pyrrole nitrogens is 1. The highest BCUT2D eigenvalue weighted by atomic mass is 35.5. The number of pyridine rings is 1. The molecule has 0 atom stereocenters. The van der Waals surface area contributed by atoms with E-state index in [2.05, 4.69) is 29.1 Å². The molecule has 0 saturated carbocycles. The van der Waals surface area contributed by atoms with Gasteiger partial charge in [0.25, 0.3) is 5.91 Å². The average molecular weight is 328 g/mol. The van der Waals surface area contributed by atoms with Crippen LogP contribution in [0.15, 0.2) is 48.9 Å². The minimum Gasteiger partial charge on any atom is -0.361 e. The van der Waals surface area contributed by atoms with Crippen molar-refractivity contribution in [3.8, 4) is 0 Å². The highest BCUT2D eigenvalue weighted by molar-refractivity contribution is 6.31. The van der Waals surface area contributed by atoms with Crippen LogP contribution in [0.3, 0.4) is 0 Å². The van der Waals surface area contributed by atoms with Gasteiger partial charge in [-0.25, -0.2) is 0 Å². The van der Waals surface area contributed by atoms with Gasteiger partial charge in [0.15, 0.2) is 0 Å². The van der Waals surface area contributed by atoms with Crippen LogP contribution in [0.2, 0.25) is 5.02 Å². The van der Waals surface area contributed by atoms with Crippen molar-refractivity contribution in [2.24, 2.45) is 0 Å². The van der Waals surface area contributed by atoms with E-state index in [1.54, 1.807) is 24.5 Å². The molecule has 0 bridgehead atoms. The first-order valence-corrected chi connectivity index (χ1v) is 7.80. The summed E-state index contributed by atoms with van der Waals surface area (Å²) < 4.78 is 0. The van der Waals surface area contributed by atoms with E-state index in [-0.39, 0.29) is 11.3 Å². The Morgan fingerprint density at radius 3 is 2.91 bits per heavy atom. The van der Waals surface area contributed by atoms with Crippen molar-refractivity contribution >= 4 is 28.4 Å². The SMILES string of the molecule is CC(C)(CNC(=O)c1cccnc1)c1c[nH]c2cc(Cl)ccc12. The molecule has 0 aliphatic heterocycles. The van der Waals surface area contributed by atoms with E-state index in [1.807, 2.05) is 24.4 Å². The Bertz CT molecular complexity index is 840. The Balaban J connectivity index is 1.79. The van der Waals surface area contributed by atoms with Crippen molar-refractivity contribution in [3.05, 3.63) is 65.1 Å². The van der Waals surface area contributed by atoms with Crippen LogP contribution < -0.4 is 5.32 Å². The zero-order chi connectivity index (χ0) is 16.4. The van der Waals surface area contributed by atoms with Gasteiger partial charge in [0.05, 0.1) is 5.56 Å². The van der Waals surface area contributed by atoms with E-state index in [0.717, 1.165) is 16.5 Å². The van der Waals surface area contributed by atoms with Crippen molar-refractivity contribution in [1.82, 2.24) is 15.3 Å². The number of benzene rings is 1. The van der Waals surface area contributed by atoms with Gasteiger partial charge in [0.2, 0.25) is 0 Å². The molecular formula is C18H18ClN3O. The number of carbonyl (C=O) groups is 1. The van der Waals surface area contributed by atoms with Gasteiger partial charge in [-0.1, -0.05) is 31.5 Å². The predicted octanol–water partition coefficient (Wildman–Crippen LogP) is 3.92. The first-order valence-electron chi connectivity index (χ1n) is 7.43. The van der Waals surface area contributed by atoms with Crippen LogP contribution in [0.4, 0.5) is 0 Å². The summed E-state index contributed by atoms with van der Waals surface area (Å²) in [7, 11) is 0. The fraction of sp³-hybridized carbons (Fsp3) is 0.222. The van der Waals surface area contributed by atoms with E-state index in [9.17, 15) is 4.79 Å². The quantitative estimate of drug-likeness (QED) is 0.763. The zero-order valence-corrected chi connectivity index (χ0v) is 13.8. The van der Waals surface area contributed by atoms with Gasteiger partial charge in [0, 0.05) is 46.5 Å². The molecule has 1 amide bonds. The molecule has 2 aromatic heterocycles. The second-order valence-corrected chi connectivity index (χ2v) is 6.64. The molecule has 118 valence electrons. The Kier molecular flexibility index (Phi) is 4.09. The Hall–Kier alpha value is -2.33. The fourth-order valence-electron chi connectivity index (χ4n) is 2.65. The number of aromatic amines is 1. The molecule has 0 saturated heterocycles. The van der Waals surface area contributed by atoms with Gasteiger partial charge in [-0.3, -0.25) is 9.78 Å². The fourth-order valence-corrected chi connectivity index (χ4v) is 2.83. The van der Waals surface area contributed by atoms with Gasteiger partial charge < -0.3 is 10.3 Å². The number of amides is 1. The lowest BCUT2D eigenvalue weighted by Gasteiger charge is -2.25. The molecule has 0 unspecified atom stereocenters. The highest BCUT2D eigenvalue weighted by Gasteiger charge is 2.25. The van der Waals surface area contributed by atoms with E-state index in [0.29, 0.717) is 17.1 Å². The molecule has 1 aromatic carbocycles. The van der Waals surface area contributed by atoms with E-state index in [4.69, 9.17) is 11.6 Å². The van der Waals surface area contributed by atoms with Crippen molar-refractivity contribution in [2.45, 2.75) is 19.3 Å². The molecule has 4 nitrogen and oxygen atoms in total. The molecule has 2 N–H and O–H groups in total. The lowest BCUT2D eigenvalue weighted by Crippen LogP contribution is -2.36. The maximum atomic E-state index is 12.2. The third kappa shape index (κ3) is 3.22. The Labute approximate surface area is 139 Å². The predicted molar refractivity (Wildman–Crippen MR) is 92.9 cm³/mol. The monoisotopic (exact) mass is 327 g/mol. The van der Waals surface area contributed by atoms with Crippen LogP contribution >= 0.6 is 11.6 Å². The maximum absolute atomic E-state index is 12.2. The number of aromatic nitrogens is 2. The Morgan fingerprint density at radius 1 is 1.35 bits per heavy atom. The van der Waals surface area contributed by atoms with E-state index >= 15 is 0 Å².